The molecule has 0 bridgehead atoms. The van der Waals surface area contributed by atoms with Crippen LogP contribution in [-0.4, -0.2) is 21.7 Å². The molecule has 16 heavy (non-hydrogen) atoms. The van der Waals surface area contributed by atoms with Gasteiger partial charge >= 0.3 is 0 Å². The van der Waals surface area contributed by atoms with Crippen LogP contribution < -0.4 is 5.32 Å². The Kier molecular flexibility index (Phi) is 3.29. The molecular weight excluding hydrogens is 214 g/mol. The number of nitrogens with one attached hydrogen (secondary N) is 1. The van der Waals surface area contributed by atoms with Crippen LogP contribution in [0.3, 0.4) is 0 Å². The molecule has 1 N–H and O–H groups in total. The van der Waals surface area contributed by atoms with Crippen molar-refractivity contribution in [2.45, 2.75) is 13.8 Å². The third kappa shape index (κ3) is 2.59. The fraction of sp³-hybridized carbons (Fsp3) is 0.222. The Morgan fingerprint density at radius 3 is 2.62 bits per heavy atom. The second-order valence-corrected chi connectivity index (χ2v) is 3.09. The van der Waals surface area contributed by atoms with Crippen molar-refractivity contribution >= 4 is 17.5 Å². The normalized spacial score (nSPS) is 9.62. The highest BCUT2D eigenvalue weighted by atomic mass is 16.6. The van der Waals surface area contributed by atoms with Crippen molar-refractivity contribution in [2.75, 3.05) is 0 Å². The van der Waals surface area contributed by atoms with Gasteiger partial charge in [0.25, 0.3) is 11.6 Å². The minimum absolute atomic E-state index is 0.0180. The van der Waals surface area contributed by atoms with E-state index in [1.165, 1.54) is 13.8 Å². The van der Waals surface area contributed by atoms with Crippen molar-refractivity contribution < 1.29 is 14.5 Å². The number of rotatable bonds is 2. The van der Waals surface area contributed by atoms with E-state index in [0.717, 1.165) is 12.3 Å². The number of aromatic nitrogens is 1. The van der Waals surface area contributed by atoms with Gasteiger partial charge in [-0.2, -0.15) is 0 Å². The molecule has 1 aromatic rings. The number of hydrogen-bond acceptors (Lipinski definition) is 5. The first kappa shape index (κ1) is 11.8. The van der Waals surface area contributed by atoms with Crippen molar-refractivity contribution in [3.8, 4) is 0 Å². The van der Waals surface area contributed by atoms with Gasteiger partial charge in [0.15, 0.2) is 0 Å². The van der Waals surface area contributed by atoms with E-state index in [4.69, 9.17) is 0 Å². The van der Waals surface area contributed by atoms with Crippen LogP contribution in [0, 0.1) is 17.0 Å². The molecule has 0 aromatic carbocycles. The Balaban J connectivity index is 3.11. The van der Waals surface area contributed by atoms with E-state index in [-0.39, 0.29) is 11.3 Å². The van der Waals surface area contributed by atoms with Crippen LogP contribution in [0.25, 0.3) is 0 Å². The maximum atomic E-state index is 11.5. The molecule has 84 valence electrons. The highest BCUT2D eigenvalue weighted by Gasteiger charge is 2.16. The molecule has 0 aliphatic rings. The summed E-state index contributed by atoms with van der Waals surface area (Å²) in [7, 11) is 0. The Morgan fingerprint density at radius 1 is 1.50 bits per heavy atom. The van der Waals surface area contributed by atoms with Gasteiger partial charge < -0.3 is 0 Å². The number of hydrogen-bond donors (Lipinski definition) is 1. The van der Waals surface area contributed by atoms with Gasteiger partial charge in [-0.05, 0) is 6.92 Å². The molecule has 1 rings (SSSR count). The summed E-state index contributed by atoms with van der Waals surface area (Å²) in [6.45, 7) is 2.71. The molecule has 0 spiro atoms. The summed E-state index contributed by atoms with van der Waals surface area (Å²) in [6, 6.07) is 1.08. The van der Waals surface area contributed by atoms with E-state index in [2.05, 4.69) is 4.98 Å². The van der Waals surface area contributed by atoms with Gasteiger partial charge in [0.2, 0.25) is 5.91 Å². The number of amides is 2. The number of pyridine rings is 1. The predicted molar refractivity (Wildman–Crippen MR) is 53.8 cm³/mol. The maximum absolute atomic E-state index is 11.5. The largest absolute Gasteiger partial charge is 0.293 e. The molecule has 0 aliphatic carbocycles. The minimum Gasteiger partial charge on any atom is -0.293 e. The third-order valence-electron chi connectivity index (χ3n) is 1.82. The Bertz CT molecular complexity index is 470. The van der Waals surface area contributed by atoms with Crippen molar-refractivity contribution in [2.24, 2.45) is 0 Å². The quantitative estimate of drug-likeness (QED) is 0.583. The lowest BCUT2D eigenvalue weighted by Crippen LogP contribution is -2.28. The fourth-order valence-electron chi connectivity index (χ4n) is 1.08. The van der Waals surface area contributed by atoms with Crippen LogP contribution in [0.15, 0.2) is 12.3 Å². The highest BCUT2D eigenvalue weighted by Crippen LogP contribution is 2.14. The molecule has 0 saturated carbocycles. The van der Waals surface area contributed by atoms with Gasteiger partial charge in [0, 0.05) is 13.0 Å². The zero-order valence-electron chi connectivity index (χ0n) is 8.68. The maximum Gasteiger partial charge on any atom is 0.288 e. The third-order valence-corrected chi connectivity index (χ3v) is 1.82. The number of nitro groups is 1. The first-order valence-electron chi connectivity index (χ1n) is 4.34. The number of imide groups is 1. The average molecular weight is 223 g/mol. The summed E-state index contributed by atoms with van der Waals surface area (Å²) in [5.74, 6) is -1.22. The molecule has 0 unspecified atom stereocenters. The molecule has 7 heteroatoms. The molecule has 0 saturated heterocycles. The summed E-state index contributed by atoms with van der Waals surface area (Å²) in [6.07, 6.45) is 1.06. The highest BCUT2D eigenvalue weighted by molar-refractivity contribution is 6.04. The molecule has 0 fully saturated rings. The second-order valence-electron chi connectivity index (χ2n) is 3.09. The molecule has 7 nitrogen and oxygen atoms in total. The van der Waals surface area contributed by atoms with Crippen LogP contribution in [0.5, 0.6) is 0 Å². The number of carbonyl (C=O) groups excluding carboxylic acids is 2. The van der Waals surface area contributed by atoms with Gasteiger partial charge in [0.05, 0.1) is 16.2 Å². The lowest BCUT2D eigenvalue weighted by atomic mass is 10.2. The van der Waals surface area contributed by atoms with Crippen molar-refractivity contribution in [1.29, 1.82) is 0 Å². The van der Waals surface area contributed by atoms with E-state index in [9.17, 15) is 19.7 Å². The van der Waals surface area contributed by atoms with Crippen molar-refractivity contribution in [1.82, 2.24) is 10.3 Å². The number of nitrogens with zero attached hydrogens (tertiary/aromatic N) is 2. The van der Waals surface area contributed by atoms with Gasteiger partial charge in [-0.3, -0.25) is 30.0 Å². The minimum atomic E-state index is -0.693. The Hall–Kier alpha value is -2.31. The molecule has 1 heterocycles. The first-order valence-corrected chi connectivity index (χ1v) is 4.34. The summed E-state index contributed by atoms with van der Waals surface area (Å²) < 4.78 is 0. The summed E-state index contributed by atoms with van der Waals surface area (Å²) in [5.41, 5.74) is 0.0491. The summed E-state index contributed by atoms with van der Waals surface area (Å²) >= 11 is 0. The molecule has 0 radical (unpaired) electrons. The van der Waals surface area contributed by atoms with E-state index >= 15 is 0 Å². The molecule has 1 aromatic heterocycles. The van der Waals surface area contributed by atoms with Crippen molar-refractivity contribution in [3.63, 3.8) is 0 Å². The van der Waals surface area contributed by atoms with Crippen LogP contribution in [0.1, 0.15) is 23.0 Å². The monoisotopic (exact) mass is 223 g/mol. The zero-order valence-corrected chi connectivity index (χ0v) is 8.68. The predicted octanol–water partition coefficient (Wildman–Crippen LogP) is 0.575. The van der Waals surface area contributed by atoms with Gasteiger partial charge in [-0.15, -0.1) is 0 Å². The van der Waals surface area contributed by atoms with Crippen LogP contribution >= 0.6 is 0 Å². The molecule has 2 amide bonds. The van der Waals surface area contributed by atoms with Crippen LogP contribution in [-0.2, 0) is 4.79 Å². The van der Waals surface area contributed by atoms with Crippen LogP contribution in [0.4, 0.5) is 5.69 Å². The van der Waals surface area contributed by atoms with Crippen molar-refractivity contribution in [3.05, 3.63) is 33.6 Å². The average Bonchev–Trinajstić information content (AvgIpc) is 2.16. The first-order chi connectivity index (χ1) is 7.41. The Labute approximate surface area is 90.6 Å². The van der Waals surface area contributed by atoms with Crippen LogP contribution in [0.2, 0.25) is 0 Å². The number of aryl methyl sites for hydroxylation is 1. The zero-order chi connectivity index (χ0) is 12.3. The Morgan fingerprint density at radius 2 is 2.12 bits per heavy atom. The van der Waals surface area contributed by atoms with E-state index < -0.39 is 16.7 Å². The molecule has 0 atom stereocenters. The smallest absolute Gasteiger partial charge is 0.288 e. The lowest BCUT2D eigenvalue weighted by Gasteiger charge is -2.03. The lowest BCUT2D eigenvalue weighted by molar-refractivity contribution is -0.385. The SMILES string of the molecule is CC(=O)NC(=O)c1cc([N+](=O)[O-])cnc1C. The summed E-state index contributed by atoms with van der Waals surface area (Å²) in [5, 5.41) is 12.5. The molecule has 0 aliphatic heterocycles. The van der Waals surface area contributed by atoms with E-state index in [0.29, 0.717) is 5.69 Å². The van der Waals surface area contributed by atoms with E-state index in [1.807, 2.05) is 5.32 Å². The fourth-order valence-corrected chi connectivity index (χ4v) is 1.08. The topological polar surface area (TPSA) is 102 Å². The van der Waals surface area contributed by atoms with Gasteiger partial charge in [-0.25, -0.2) is 0 Å². The molecular formula is C9H9N3O4. The number of carbonyl (C=O) groups is 2. The standard InChI is InChI=1S/C9H9N3O4/c1-5-8(9(14)11-6(2)13)3-7(4-10-5)12(15)16/h3-4H,1-2H3,(H,11,13,14). The summed E-state index contributed by atoms with van der Waals surface area (Å²) in [4.78, 5) is 35.7. The van der Waals surface area contributed by atoms with E-state index in [1.54, 1.807) is 0 Å². The second kappa shape index (κ2) is 4.47. The van der Waals surface area contributed by atoms with Gasteiger partial charge in [0.1, 0.15) is 6.20 Å². The van der Waals surface area contributed by atoms with Gasteiger partial charge in [-0.1, -0.05) is 0 Å².